The van der Waals surface area contributed by atoms with Crippen LogP contribution in [0.1, 0.15) is 29.8 Å². The molecule has 0 unspecified atom stereocenters. The van der Waals surface area contributed by atoms with Crippen molar-refractivity contribution in [3.63, 3.8) is 0 Å². The lowest BCUT2D eigenvalue weighted by molar-refractivity contribution is 0.101. The van der Waals surface area contributed by atoms with Crippen molar-refractivity contribution in [1.29, 1.82) is 5.26 Å². The van der Waals surface area contributed by atoms with E-state index in [-0.39, 0.29) is 11.5 Å². The first-order valence-corrected chi connectivity index (χ1v) is 8.08. The zero-order valence-electron chi connectivity index (χ0n) is 11.5. The molecule has 5 nitrogen and oxygen atoms in total. The molecule has 0 aliphatic carbocycles. The molecule has 1 aliphatic heterocycles. The van der Waals surface area contributed by atoms with E-state index >= 15 is 0 Å². The first kappa shape index (κ1) is 14.5. The first-order chi connectivity index (χ1) is 9.35. The minimum Gasteiger partial charge on any atom is -0.369 e. The maximum absolute atomic E-state index is 11.8. The lowest BCUT2D eigenvalue weighted by Gasteiger charge is -2.33. The fourth-order valence-electron chi connectivity index (χ4n) is 2.33. The quantitative estimate of drug-likeness (QED) is 0.770. The summed E-state index contributed by atoms with van der Waals surface area (Å²) in [6.45, 7) is 3.83. The number of Topliss-reactive ketones (excluding diaryl/α,β-unsaturated/α-hetero) is 1. The van der Waals surface area contributed by atoms with Crippen molar-refractivity contribution in [1.82, 2.24) is 0 Å². The molecule has 1 aliphatic rings. The Morgan fingerprint density at radius 1 is 1.45 bits per heavy atom. The van der Waals surface area contributed by atoms with Crippen LogP contribution in [0.25, 0.3) is 0 Å². The second kappa shape index (κ2) is 5.25. The van der Waals surface area contributed by atoms with E-state index in [0.717, 1.165) is 0 Å². The summed E-state index contributed by atoms with van der Waals surface area (Å²) >= 11 is 0. The number of sulfone groups is 1. The van der Waals surface area contributed by atoms with Crippen LogP contribution < -0.4 is 4.90 Å². The van der Waals surface area contributed by atoms with Gasteiger partial charge in [-0.15, -0.1) is 0 Å². The SMILES string of the molecule is CC(=O)c1ccc(C#N)cc1N1CCS(=O)(=O)[C@@H](C)C1. The largest absolute Gasteiger partial charge is 0.369 e. The number of benzene rings is 1. The van der Waals surface area contributed by atoms with Gasteiger partial charge in [-0.2, -0.15) is 5.26 Å². The fourth-order valence-corrected chi connectivity index (χ4v) is 3.62. The number of hydrogen-bond acceptors (Lipinski definition) is 5. The zero-order valence-corrected chi connectivity index (χ0v) is 12.3. The van der Waals surface area contributed by atoms with E-state index in [2.05, 4.69) is 0 Å². The molecule has 0 aromatic heterocycles. The number of hydrogen-bond donors (Lipinski definition) is 0. The minimum absolute atomic E-state index is 0.0717. The molecule has 0 amide bonds. The van der Waals surface area contributed by atoms with Gasteiger partial charge in [0.15, 0.2) is 15.6 Å². The van der Waals surface area contributed by atoms with Gasteiger partial charge in [0.2, 0.25) is 0 Å². The number of carbonyl (C=O) groups is 1. The summed E-state index contributed by atoms with van der Waals surface area (Å²) in [7, 11) is -3.04. The highest BCUT2D eigenvalue weighted by atomic mass is 32.2. The van der Waals surface area contributed by atoms with Gasteiger partial charge in [-0.1, -0.05) is 0 Å². The van der Waals surface area contributed by atoms with Crippen LogP contribution in [0.5, 0.6) is 0 Å². The summed E-state index contributed by atoms with van der Waals surface area (Å²) in [5, 5.41) is 8.51. The molecule has 0 saturated carbocycles. The van der Waals surface area contributed by atoms with Gasteiger partial charge in [0.25, 0.3) is 0 Å². The van der Waals surface area contributed by atoms with Crippen molar-refractivity contribution in [2.75, 3.05) is 23.7 Å². The maximum atomic E-state index is 11.8. The fraction of sp³-hybridized carbons (Fsp3) is 0.429. The highest BCUT2D eigenvalue weighted by Crippen LogP contribution is 2.26. The highest BCUT2D eigenvalue weighted by molar-refractivity contribution is 7.92. The van der Waals surface area contributed by atoms with E-state index in [1.54, 1.807) is 25.1 Å². The predicted molar refractivity (Wildman–Crippen MR) is 76.6 cm³/mol. The van der Waals surface area contributed by atoms with Gasteiger partial charge < -0.3 is 4.90 Å². The third-order valence-electron chi connectivity index (χ3n) is 3.58. The molecule has 0 radical (unpaired) electrons. The monoisotopic (exact) mass is 292 g/mol. The van der Waals surface area contributed by atoms with E-state index in [9.17, 15) is 13.2 Å². The molecule has 1 aromatic carbocycles. The van der Waals surface area contributed by atoms with Crippen LogP contribution in [0, 0.1) is 11.3 Å². The number of carbonyl (C=O) groups excluding carboxylic acids is 1. The van der Waals surface area contributed by atoms with Crippen molar-refractivity contribution in [3.8, 4) is 6.07 Å². The Morgan fingerprint density at radius 3 is 2.70 bits per heavy atom. The molecule has 0 N–H and O–H groups in total. The molecule has 106 valence electrons. The normalized spacial score (nSPS) is 21.2. The summed E-state index contributed by atoms with van der Waals surface area (Å²) in [5.74, 6) is -0.0203. The Bertz CT molecular complexity index is 689. The average molecular weight is 292 g/mol. The van der Waals surface area contributed by atoms with Crippen LogP contribution in [-0.4, -0.2) is 38.3 Å². The van der Waals surface area contributed by atoms with Gasteiger partial charge in [-0.3, -0.25) is 4.79 Å². The number of rotatable bonds is 2. The molecular formula is C14H16N2O3S. The topological polar surface area (TPSA) is 78.2 Å². The van der Waals surface area contributed by atoms with Gasteiger partial charge in [0.05, 0.1) is 22.6 Å². The number of nitriles is 1. The second-order valence-electron chi connectivity index (χ2n) is 5.02. The molecule has 1 atom stereocenters. The van der Waals surface area contributed by atoms with Crippen LogP contribution in [-0.2, 0) is 9.84 Å². The molecule has 0 spiro atoms. The van der Waals surface area contributed by atoms with Crippen LogP contribution in [0.4, 0.5) is 5.69 Å². The molecule has 2 rings (SSSR count). The highest BCUT2D eigenvalue weighted by Gasteiger charge is 2.30. The van der Waals surface area contributed by atoms with E-state index < -0.39 is 15.1 Å². The molecule has 6 heteroatoms. The molecule has 1 fully saturated rings. The standard InChI is InChI=1S/C14H16N2O3S/c1-10-9-16(5-6-20(10,18)19)14-7-12(8-15)3-4-13(14)11(2)17/h3-4,7,10H,5-6,9H2,1-2H3/t10-/m0/s1. The molecule has 1 heterocycles. The zero-order chi connectivity index (χ0) is 14.9. The van der Waals surface area contributed by atoms with Gasteiger partial charge >= 0.3 is 0 Å². The minimum atomic E-state index is -3.04. The molecule has 1 saturated heterocycles. The molecular weight excluding hydrogens is 276 g/mol. The Labute approximate surface area is 118 Å². The van der Waals surface area contributed by atoms with Crippen molar-refractivity contribution >= 4 is 21.3 Å². The van der Waals surface area contributed by atoms with Crippen LogP contribution in [0.2, 0.25) is 0 Å². The van der Waals surface area contributed by atoms with Gasteiger partial charge in [0.1, 0.15) is 0 Å². The predicted octanol–water partition coefficient (Wildman–Crippen LogP) is 1.38. The first-order valence-electron chi connectivity index (χ1n) is 6.37. The Kier molecular flexibility index (Phi) is 3.82. The van der Waals surface area contributed by atoms with Gasteiger partial charge in [-0.05, 0) is 32.0 Å². The molecule has 1 aromatic rings. The van der Waals surface area contributed by atoms with E-state index in [1.165, 1.54) is 6.92 Å². The third-order valence-corrected chi connectivity index (χ3v) is 5.71. The van der Waals surface area contributed by atoms with E-state index in [0.29, 0.717) is 29.9 Å². The van der Waals surface area contributed by atoms with E-state index in [4.69, 9.17) is 5.26 Å². The Hall–Kier alpha value is -1.87. The summed E-state index contributed by atoms with van der Waals surface area (Å²) in [6, 6.07) is 6.93. The van der Waals surface area contributed by atoms with Crippen LogP contribution in [0.3, 0.4) is 0 Å². The van der Waals surface area contributed by atoms with Gasteiger partial charge in [-0.25, -0.2) is 8.42 Å². The van der Waals surface area contributed by atoms with Crippen molar-refractivity contribution in [3.05, 3.63) is 29.3 Å². The molecule has 20 heavy (non-hydrogen) atoms. The Balaban J connectivity index is 2.42. The second-order valence-corrected chi connectivity index (χ2v) is 7.56. The summed E-state index contributed by atoms with van der Waals surface area (Å²) in [4.78, 5) is 13.6. The molecule has 0 bridgehead atoms. The summed E-state index contributed by atoms with van der Waals surface area (Å²) in [6.07, 6.45) is 0. The van der Waals surface area contributed by atoms with Crippen molar-refractivity contribution in [2.24, 2.45) is 0 Å². The smallest absolute Gasteiger partial charge is 0.161 e. The van der Waals surface area contributed by atoms with Crippen LogP contribution >= 0.6 is 0 Å². The Morgan fingerprint density at radius 2 is 2.15 bits per heavy atom. The van der Waals surface area contributed by atoms with Gasteiger partial charge in [0, 0.05) is 24.3 Å². The summed E-state index contributed by atoms with van der Waals surface area (Å²) < 4.78 is 23.5. The van der Waals surface area contributed by atoms with E-state index in [1.807, 2.05) is 11.0 Å². The average Bonchev–Trinajstić information content (AvgIpc) is 2.41. The number of nitrogens with zero attached hydrogens (tertiary/aromatic N) is 2. The van der Waals surface area contributed by atoms with Crippen LogP contribution in [0.15, 0.2) is 18.2 Å². The number of ketones is 1. The third kappa shape index (κ3) is 2.68. The number of anilines is 1. The van der Waals surface area contributed by atoms with Crippen molar-refractivity contribution < 1.29 is 13.2 Å². The van der Waals surface area contributed by atoms with Crippen molar-refractivity contribution in [2.45, 2.75) is 19.1 Å². The maximum Gasteiger partial charge on any atom is 0.161 e. The lowest BCUT2D eigenvalue weighted by Crippen LogP contribution is -2.46. The lowest BCUT2D eigenvalue weighted by atomic mass is 10.0. The summed E-state index contributed by atoms with van der Waals surface area (Å²) in [5.41, 5.74) is 1.64.